The zero-order chi connectivity index (χ0) is 15.2. The summed E-state index contributed by atoms with van der Waals surface area (Å²) in [5.74, 6) is 0.191. The quantitative estimate of drug-likeness (QED) is 0.774. The third-order valence-electron chi connectivity index (χ3n) is 3.13. The van der Waals surface area contributed by atoms with Gasteiger partial charge >= 0.3 is 6.03 Å². The standard InChI is InChI=1S/C16H15N5O/c22-16(17-11-10-12-6-2-1-3-7-12)19-15-18-13-8-4-5-9-14(13)20-21-15/h1-9H,10-11H2,(H2,17,18,19,21,22). The average molecular weight is 293 g/mol. The minimum atomic E-state index is -0.340. The number of hydrogen-bond donors (Lipinski definition) is 2. The minimum Gasteiger partial charge on any atom is -0.337 e. The lowest BCUT2D eigenvalue weighted by Gasteiger charge is -2.06. The zero-order valence-electron chi connectivity index (χ0n) is 11.9. The van der Waals surface area contributed by atoms with Crippen molar-refractivity contribution in [1.29, 1.82) is 0 Å². The van der Waals surface area contributed by atoms with Gasteiger partial charge in [0.25, 0.3) is 5.95 Å². The molecular weight excluding hydrogens is 278 g/mol. The molecule has 0 aliphatic carbocycles. The molecule has 6 nitrogen and oxygen atoms in total. The van der Waals surface area contributed by atoms with E-state index in [1.807, 2.05) is 54.6 Å². The normalized spacial score (nSPS) is 10.4. The van der Waals surface area contributed by atoms with E-state index < -0.39 is 0 Å². The average Bonchev–Trinajstić information content (AvgIpc) is 2.56. The molecule has 1 heterocycles. The maximum atomic E-state index is 11.8. The SMILES string of the molecule is O=C(NCCc1ccccc1)Nc1nnc2ccccc2n1. The fourth-order valence-corrected chi connectivity index (χ4v) is 2.04. The second-order valence-electron chi connectivity index (χ2n) is 4.74. The number of rotatable bonds is 4. The van der Waals surface area contributed by atoms with Crippen molar-refractivity contribution in [3.05, 3.63) is 60.2 Å². The lowest BCUT2D eigenvalue weighted by molar-refractivity contribution is 0.252. The molecule has 2 amide bonds. The molecule has 0 fully saturated rings. The van der Waals surface area contributed by atoms with Crippen LogP contribution in [0.4, 0.5) is 10.7 Å². The van der Waals surface area contributed by atoms with E-state index in [2.05, 4.69) is 25.8 Å². The van der Waals surface area contributed by atoms with Crippen molar-refractivity contribution in [2.75, 3.05) is 11.9 Å². The van der Waals surface area contributed by atoms with Crippen LogP contribution in [-0.2, 0) is 6.42 Å². The van der Waals surface area contributed by atoms with Crippen molar-refractivity contribution < 1.29 is 4.79 Å². The lowest BCUT2D eigenvalue weighted by atomic mass is 10.1. The van der Waals surface area contributed by atoms with Crippen LogP contribution >= 0.6 is 0 Å². The van der Waals surface area contributed by atoms with E-state index in [4.69, 9.17) is 0 Å². The van der Waals surface area contributed by atoms with E-state index in [1.54, 1.807) is 0 Å². The predicted molar refractivity (Wildman–Crippen MR) is 84.5 cm³/mol. The summed E-state index contributed by atoms with van der Waals surface area (Å²) in [6, 6.07) is 17.0. The molecule has 0 bridgehead atoms. The Balaban J connectivity index is 1.54. The monoisotopic (exact) mass is 293 g/mol. The number of hydrogen-bond acceptors (Lipinski definition) is 4. The molecular formula is C16H15N5O. The molecule has 0 aliphatic heterocycles. The van der Waals surface area contributed by atoms with Gasteiger partial charge in [-0.05, 0) is 24.1 Å². The number of para-hydroxylation sites is 1. The lowest BCUT2D eigenvalue weighted by Crippen LogP contribution is -2.31. The third kappa shape index (κ3) is 3.54. The molecule has 0 saturated heterocycles. The highest BCUT2D eigenvalue weighted by atomic mass is 16.2. The van der Waals surface area contributed by atoms with Crippen molar-refractivity contribution in [3.8, 4) is 0 Å². The first-order chi connectivity index (χ1) is 10.8. The fraction of sp³-hybridized carbons (Fsp3) is 0.125. The number of urea groups is 1. The van der Waals surface area contributed by atoms with E-state index >= 15 is 0 Å². The summed E-state index contributed by atoms with van der Waals surface area (Å²) < 4.78 is 0. The van der Waals surface area contributed by atoms with E-state index in [9.17, 15) is 4.79 Å². The molecule has 6 heteroatoms. The summed E-state index contributed by atoms with van der Waals surface area (Å²) in [5, 5.41) is 13.2. The van der Waals surface area contributed by atoms with Gasteiger partial charge in [0, 0.05) is 6.54 Å². The minimum absolute atomic E-state index is 0.191. The van der Waals surface area contributed by atoms with Gasteiger partial charge in [0.1, 0.15) is 5.52 Å². The Kier molecular flexibility index (Phi) is 4.20. The highest BCUT2D eigenvalue weighted by Gasteiger charge is 2.05. The van der Waals surface area contributed by atoms with Crippen LogP contribution in [0, 0.1) is 0 Å². The molecule has 0 atom stereocenters. The Hall–Kier alpha value is -3.02. The Labute approximate surface area is 127 Å². The van der Waals surface area contributed by atoms with E-state index in [0.717, 1.165) is 6.42 Å². The molecule has 0 saturated carbocycles. The molecule has 1 aromatic heterocycles. The number of nitrogens with one attached hydrogen (secondary N) is 2. The van der Waals surface area contributed by atoms with Gasteiger partial charge in [-0.3, -0.25) is 5.32 Å². The number of aromatic nitrogens is 3. The number of anilines is 1. The highest BCUT2D eigenvalue weighted by Crippen LogP contribution is 2.08. The van der Waals surface area contributed by atoms with Gasteiger partial charge in [0.15, 0.2) is 0 Å². The number of fused-ring (bicyclic) bond motifs is 1. The highest BCUT2D eigenvalue weighted by molar-refractivity contribution is 5.88. The Bertz CT molecular complexity index is 776. The molecule has 0 unspecified atom stereocenters. The van der Waals surface area contributed by atoms with Gasteiger partial charge in [0.2, 0.25) is 0 Å². The van der Waals surface area contributed by atoms with Crippen molar-refractivity contribution in [1.82, 2.24) is 20.5 Å². The van der Waals surface area contributed by atoms with Gasteiger partial charge in [-0.25, -0.2) is 9.78 Å². The smallest absolute Gasteiger partial charge is 0.321 e. The summed E-state index contributed by atoms with van der Waals surface area (Å²) in [5.41, 5.74) is 2.56. The molecule has 3 rings (SSSR count). The molecule has 3 aromatic rings. The van der Waals surface area contributed by atoms with E-state index in [0.29, 0.717) is 17.6 Å². The molecule has 0 aliphatic rings. The Morgan fingerprint density at radius 3 is 2.45 bits per heavy atom. The Morgan fingerprint density at radius 2 is 1.64 bits per heavy atom. The van der Waals surface area contributed by atoms with E-state index in [1.165, 1.54) is 5.56 Å². The van der Waals surface area contributed by atoms with E-state index in [-0.39, 0.29) is 12.0 Å². The van der Waals surface area contributed by atoms with Crippen LogP contribution in [0.1, 0.15) is 5.56 Å². The Morgan fingerprint density at radius 1 is 0.909 bits per heavy atom. The molecule has 2 N–H and O–H groups in total. The van der Waals surface area contributed by atoms with Crippen LogP contribution in [0.3, 0.4) is 0 Å². The maximum Gasteiger partial charge on any atom is 0.321 e. The summed E-state index contributed by atoms with van der Waals surface area (Å²) in [6.45, 7) is 0.539. The van der Waals surface area contributed by atoms with Crippen molar-refractivity contribution in [2.24, 2.45) is 0 Å². The fourth-order valence-electron chi connectivity index (χ4n) is 2.04. The van der Waals surface area contributed by atoms with Gasteiger partial charge < -0.3 is 5.32 Å². The zero-order valence-corrected chi connectivity index (χ0v) is 11.9. The maximum absolute atomic E-state index is 11.8. The third-order valence-corrected chi connectivity index (χ3v) is 3.13. The van der Waals surface area contributed by atoms with Crippen molar-refractivity contribution in [2.45, 2.75) is 6.42 Å². The van der Waals surface area contributed by atoms with Crippen LogP contribution in [-0.4, -0.2) is 27.8 Å². The molecule has 0 radical (unpaired) electrons. The number of carbonyl (C=O) groups is 1. The van der Waals surface area contributed by atoms with Crippen LogP contribution in [0.15, 0.2) is 54.6 Å². The van der Waals surface area contributed by atoms with Crippen LogP contribution in [0.5, 0.6) is 0 Å². The summed E-state index contributed by atoms with van der Waals surface area (Å²) in [7, 11) is 0. The van der Waals surface area contributed by atoms with Crippen LogP contribution < -0.4 is 10.6 Å². The van der Waals surface area contributed by atoms with Gasteiger partial charge in [0.05, 0.1) is 5.52 Å². The number of amides is 2. The second-order valence-corrected chi connectivity index (χ2v) is 4.74. The largest absolute Gasteiger partial charge is 0.337 e. The first kappa shape index (κ1) is 13.9. The second kappa shape index (κ2) is 6.62. The number of benzene rings is 2. The molecule has 2 aromatic carbocycles. The molecule has 110 valence electrons. The molecule has 0 spiro atoms. The first-order valence-corrected chi connectivity index (χ1v) is 6.99. The number of nitrogens with zero attached hydrogens (tertiary/aromatic N) is 3. The van der Waals surface area contributed by atoms with Crippen LogP contribution in [0.25, 0.3) is 11.0 Å². The first-order valence-electron chi connectivity index (χ1n) is 6.99. The van der Waals surface area contributed by atoms with Gasteiger partial charge in [-0.1, -0.05) is 42.5 Å². The predicted octanol–water partition coefficient (Wildman–Crippen LogP) is 2.39. The van der Waals surface area contributed by atoms with Gasteiger partial charge in [-0.2, -0.15) is 0 Å². The van der Waals surface area contributed by atoms with Gasteiger partial charge in [-0.15, -0.1) is 10.2 Å². The summed E-state index contributed by atoms with van der Waals surface area (Å²) >= 11 is 0. The molecule has 22 heavy (non-hydrogen) atoms. The topological polar surface area (TPSA) is 79.8 Å². The summed E-state index contributed by atoms with van der Waals surface area (Å²) in [4.78, 5) is 16.0. The summed E-state index contributed by atoms with van der Waals surface area (Å²) in [6.07, 6.45) is 0.769. The van der Waals surface area contributed by atoms with Crippen LogP contribution in [0.2, 0.25) is 0 Å². The van der Waals surface area contributed by atoms with Crippen molar-refractivity contribution in [3.63, 3.8) is 0 Å². The van der Waals surface area contributed by atoms with Crippen molar-refractivity contribution >= 4 is 23.0 Å². The number of carbonyl (C=O) groups excluding carboxylic acids is 1.